The fraction of sp³-hybridized carbons (Fsp3) is 0.167. The van der Waals surface area contributed by atoms with Crippen LogP contribution in [0.2, 0.25) is 0 Å². The molecule has 98 valence electrons. The van der Waals surface area contributed by atoms with Gasteiger partial charge in [0.2, 0.25) is 0 Å². The van der Waals surface area contributed by atoms with Crippen LogP contribution in [0.3, 0.4) is 0 Å². The molecule has 19 heavy (non-hydrogen) atoms. The Morgan fingerprint density at radius 3 is 2.84 bits per heavy atom. The van der Waals surface area contributed by atoms with E-state index in [1.54, 1.807) is 25.3 Å². The summed E-state index contributed by atoms with van der Waals surface area (Å²) in [6.45, 7) is 1.90. The zero-order chi connectivity index (χ0) is 14.0. The molecule has 0 saturated heterocycles. The summed E-state index contributed by atoms with van der Waals surface area (Å²) >= 11 is 2.01. The number of halogens is 1. The van der Waals surface area contributed by atoms with Crippen LogP contribution in [0.15, 0.2) is 35.3 Å². The topological polar surface area (TPSA) is 78.0 Å². The van der Waals surface area contributed by atoms with E-state index >= 15 is 0 Å². The van der Waals surface area contributed by atoms with Crippen LogP contribution in [-0.2, 0) is 6.54 Å². The first-order valence-electron chi connectivity index (χ1n) is 5.44. The number of nitro groups is 1. The third kappa shape index (κ3) is 2.98. The molecule has 1 aromatic heterocycles. The molecular weight excluding hydrogens is 361 g/mol. The predicted octanol–water partition coefficient (Wildman–Crippen LogP) is 2.11. The first kappa shape index (κ1) is 13.7. The minimum Gasteiger partial charge on any atom is -0.268 e. The molecule has 0 N–H and O–H groups in total. The quantitative estimate of drug-likeness (QED) is 0.471. The van der Waals surface area contributed by atoms with Crippen molar-refractivity contribution in [2.75, 3.05) is 0 Å². The molecular formula is C12H10IN3O3. The number of aromatic nitrogens is 2. The molecule has 2 aromatic rings. The lowest BCUT2D eigenvalue weighted by atomic mass is 10.1. The fourth-order valence-electron chi connectivity index (χ4n) is 1.73. The molecule has 0 spiro atoms. The van der Waals surface area contributed by atoms with E-state index in [9.17, 15) is 14.9 Å². The van der Waals surface area contributed by atoms with E-state index in [1.807, 2.05) is 22.6 Å². The van der Waals surface area contributed by atoms with Crippen molar-refractivity contribution < 1.29 is 4.92 Å². The van der Waals surface area contributed by atoms with Crippen molar-refractivity contribution in [1.82, 2.24) is 9.78 Å². The molecule has 1 heterocycles. The van der Waals surface area contributed by atoms with E-state index in [0.29, 0.717) is 11.1 Å². The van der Waals surface area contributed by atoms with Crippen molar-refractivity contribution in [2.24, 2.45) is 0 Å². The minimum absolute atomic E-state index is 0.0519. The van der Waals surface area contributed by atoms with Crippen LogP contribution < -0.4 is 5.56 Å². The van der Waals surface area contributed by atoms with Crippen molar-refractivity contribution in [3.63, 3.8) is 0 Å². The number of hydrogen-bond acceptors (Lipinski definition) is 4. The number of hydrogen-bond donors (Lipinski definition) is 0. The highest BCUT2D eigenvalue weighted by molar-refractivity contribution is 14.1. The van der Waals surface area contributed by atoms with Gasteiger partial charge in [0.15, 0.2) is 0 Å². The summed E-state index contributed by atoms with van der Waals surface area (Å²) in [7, 11) is 0. The van der Waals surface area contributed by atoms with Crippen molar-refractivity contribution >= 4 is 28.3 Å². The molecule has 7 heteroatoms. The van der Waals surface area contributed by atoms with Crippen LogP contribution in [-0.4, -0.2) is 14.7 Å². The Hall–Kier alpha value is -1.77. The SMILES string of the molecule is Cc1c(Cn2ncc(I)cc2=O)cccc1[N+](=O)[O-]. The van der Waals surface area contributed by atoms with E-state index in [2.05, 4.69) is 5.10 Å². The lowest BCUT2D eigenvalue weighted by Gasteiger charge is -2.07. The number of nitrogens with zero attached hydrogens (tertiary/aromatic N) is 3. The molecule has 0 amide bonds. The zero-order valence-corrected chi connectivity index (χ0v) is 12.2. The molecule has 6 nitrogen and oxygen atoms in total. The Balaban J connectivity index is 2.41. The van der Waals surface area contributed by atoms with Gasteiger partial charge in [0.25, 0.3) is 11.2 Å². The Labute approximate surface area is 122 Å². The molecule has 1 aromatic carbocycles. The normalized spacial score (nSPS) is 10.4. The van der Waals surface area contributed by atoms with Gasteiger partial charge in [-0.15, -0.1) is 0 Å². The Bertz CT molecular complexity index is 697. The standard InChI is InChI=1S/C12H10IN3O3/c1-8-9(3-2-4-11(8)16(18)19)7-15-12(17)5-10(13)6-14-15/h2-6H,7H2,1H3. The largest absolute Gasteiger partial charge is 0.272 e. The smallest absolute Gasteiger partial charge is 0.268 e. The van der Waals surface area contributed by atoms with Gasteiger partial charge in [-0.1, -0.05) is 12.1 Å². The molecule has 0 bridgehead atoms. The minimum atomic E-state index is -0.428. The molecule has 0 aliphatic rings. The monoisotopic (exact) mass is 371 g/mol. The fourth-order valence-corrected chi connectivity index (χ4v) is 2.12. The molecule has 0 aliphatic heterocycles. The van der Waals surface area contributed by atoms with Gasteiger partial charge in [-0.3, -0.25) is 14.9 Å². The summed E-state index contributed by atoms with van der Waals surface area (Å²) in [5.41, 5.74) is 1.10. The predicted molar refractivity (Wildman–Crippen MR) is 78.1 cm³/mol. The van der Waals surface area contributed by atoms with Gasteiger partial charge in [0, 0.05) is 21.3 Å². The summed E-state index contributed by atoms with van der Waals surface area (Å²) < 4.78 is 2.04. The summed E-state index contributed by atoms with van der Waals surface area (Å²) in [6, 6.07) is 6.29. The number of nitro benzene ring substituents is 1. The third-order valence-electron chi connectivity index (χ3n) is 2.77. The first-order valence-corrected chi connectivity index (χ1v) is 6.52. The van der Waals surface area contributed by atoms with E-state index in [1.165, 1.54) is 16.8 Å². The highest BCUT2D eigenvalue weighted by Gasteiger charge is 2.13. The number of rotatable bonds is 3. The summed E-state index contributed by atoms with van der Waals surface area (Å²) in [5, 5.41) is 14.9. The first-order chi connectivity index (χ1) is 8.99. The lowest BCUT2D eigenvalue weighted by molar-refractivity contribution is -0.385. The summed E-state index contributed by atoms with van der Waals surface area (Å²) in [5.74, 6) is 0. The van der Waals surface area contributed by atoms with Gasteiger partial charge in [0.1, 0.15) is 0 Å². The van der Waals surface area contributed by atoms with Gasteiger partial charge >= 0.3 is 0 Å². The van der Waals surface area contributed by atoms with Crippen LogP contribution >= 0.6 is 22.6 Å². The van der Waals surface area contributed by atoms with Crippen molar-refractivity contribution in [3.05, 3.63) is 65.6 Å². The van der Waals surface area contributed by atoms with Gasteiger partial charge < -0.3 is 0 Å². The summed E-state index contributed by atoms with van der Waals surface area (Å²) in [4.78, 5) is 22.2. The van der Waals surface area contributed by atoms with Crippen LogP contribution in [0.5, 0.6) is 0 Å². The average Bonchev–Trinajstić information content (AvgIpc) is 2.34. The van der Waals surface area contributed by atoms with Crippen LogP contribution in [0.1, 0.15) is 11.1 Å². The highest BCUT2D eigenvalue weighted by atomic mass is 127. The van der Waals surface area contributed by atoms with Gasteiger partial charge in [0.05, 0.1) is 17.7 Å². The Kier molecular flexibility index (Phi) is 3.93. The van der Waals surface area contributed by atoms with Crippen LogP contribution in [0, 0.1) is 20.6 Å². The van der Waals surface area contributed by atoms with Crippen molar-refractivity contribution in [1.29, 1.82) is 0 Å². The molecule has 0 fully saturated rings. The third-order valence-corrected chi connectivity index (χ3v) is 3.36. The molecule has 0 atom stereocenters. The average molecular weight is 371 g/mol. The van der Waals surface area contributed by atoms with Crippen LogP contribution in [0.4, 0.5) is 5.69 Å². The molecule has 0 aliphatic carbocycles. The van der Waals surface area contributed by atoms with Crippen molar-refractivity contribution in [3.8, 4) is 0 Å². The second kappa shape index (κ2) is 5.47. The van der Waals surface area contributed by atoms with E-state index in [0.717, 1.165) is 3.57 Å². The number of benzene rings is 1. The van der Waals surface area contributed by atoms with E-state index in [-0.39, 0.29) is 17.8 Å². The summed E-state index contributed by atoms with van der Waals surface area (Å²) in [6.07, 6.45) is 1.58. The second-order valence-corrected chi connectivity index (χ2v) is 5.23. The van der Waals surface area contributed by atoms with Gasteiger partial charge in [-0.05, 0) is 35.1 Å². The van der Waals surface area contributed by atoms with E-state index in [4.69, 9.17) is 0 Å². The van der Waals surface area contributed by atoms with Crippen molar-refractivity contribution in [2.45, 2.75) is 13.5 Å². The van der Waals surface area contributed by atoms with Gasteiger partial charge in [-0.2, -0.15) is 5.10 Å². The highest BCUT2D eigenvalue weighted by Crippen LogP contribution is 2.21. The lowest BCUT2D eigenvalue weighted by Crippen LogP contribution is -2.23. The Morgan fingerprint density at radius 2 is 2.21 bits per heavy atom. The molecule has 0 saturated carbocycles. The maximum atomic E-state index is 11.7. The Morgan fingerprint density at radius 1 is 1.47 bits per heavy atom. The molecule has 0 radical (unpaired) electrons. The maximum Gasteiger partial charge on any atom is 0.272 e. The van der Waals surface area contributed by atoms with Gasteiger partial charge in [-0.25, -0.2) is 4.68 Å². The zero-order valence-electron chi connectivity index (χ0n) is 10.0. The maximum absolute atomic E-state index is 11.7. The molecule has 0 unspecified atom stereocenters. The van der Waals surface area contributed by atoms with Crippen LogP contribution in [0.25, 0.3) is 0 Å². The second-order valence-electron chi connectivity index (χ2n) is 3.99. The molecule has 2 rings (SSSR count). The van der Waals surface area contributed by atoms with E-state index < -0.39 is 4.92 Å².